The quantitative estimate of drug-likeness (QED) is 0.737. The summed E-state index contributed by atoms with van der Waals surface area (Å²) < 4.78 is 2.03. The molecule has 0 atom stereocenters. The first-order valence-corrected chi connectivity index (χ1v) is 9.11. The summed E-state index contributed by atoms with van der Waals surface area (Å²) in [5.74, 6) is 0. The van der Waals surface area contributed by atoms with Gasteiger partial charge in [-0.3, -0.25) is 0 Å². The Labute approximate surface area is 157 Å². The van der Waals surface area contributed by atoms with Crippen molar-refractivity contribution in [2.24, 2.45) is 7.05 Å². The van der Waals surface area contributed by atoms with E-state index in [2.05, 4.69) is 10.2 Å². The molecular weight excluding hydrogens is 348 g/mol. The van der Waals surface area contributed by atoms with E-state index >= 15 is 0 Å². The number of anilines is 2. The Kier molecular flexibility index (Phi) is 4.47. The van der Waals surface area contributed by atoms with Gasteiger partial charge in [0.2, 0.25) is 0 Å². The van der Waals surface area contributed by atoms with Crippen LogP contribution in [0.5, 0.6) is 0 Å². The SMILES string of the molecule is Cn1cc(NC(=O)N2CCN(c3ccccc3Cl)CC2)c2ccccc21. The Bertz CT molecular complexity index is 944. The van der Waals surface area contributed by atoms with Crippen molar-refractivity contribution < 1.29 is 4.79 Å². The van der Waals surface area contributed by atoms with E-state index in [9.17, 15) is 4.79 Å². The molecule has 0 radical (unpaired) electrons. The lowest BCUT2D eigenvalue weighted by Gasteiger charge is -2.36. The molecule has 4 rings (SSSR count). The number of para-hydroxylation sites is 2. The molecule has 2 aromatic carbocycles. The minimum absolute atomic E-state index is 0.0554. The van der Waals surface area contributed by atoms with Crippen molar-refractivity contribution in [1.29, 1.82) is 0 Å². The number of halogens is 1. The number of hydrogen-bond acceptors (Lipinski definition) is 2. The third kappa shape index (κ3) is 3.10. The summed E-state index contributed by atoms with van der Waals surface area (Å²) in [4.78, 5) is 16.8. The summed E-state index contributed by atoms with van der Waals surface area (Å²) >= 11 is 6.28. The van der Waals surface area contributed by atoms with Crippen LogP contribution < -0.4 is 10.2 Å². The van der Waals surface area contributed by atoms with Gasteiger partial charge in [0.05, 0.1) is 16.4 Å². The van der Waals surface area contributed by atoms with E-state index in [-0.39, 0.29) is 6.03 Å². The van der Waals surface area contributed by atoms with Gasteiger partial charge in [-0.2, -0.15) is 0 Å². The zero-order valence-corrected chi connectivity index (χ0v) is 15.4. The van der Waals surface area contributed by atoms with Crippen LogP contribution in [0.15, 0.2) is 54.7 Å². The third-order valence-electron chi connectivity index (χ3n) is 4.90. The number of nitrogens with zero attached hydrogens (tertiary/aromatic N) is 3. The van der Waals surface area contributed by atoms with Crippen LogP contribution in [0.1, 0.15) is 0 Å². The van der Waals surface area contributed by atoms with Crippen molar-refractivity contribution in [3.8, 4) is 0 Å². The first kappa shape index (κ1) is 16.8. The first-order chi connectivity index (χ1) is 12.6. The summed E-state index contributed by atoms with van der Waals surface area (Å²) in [6.07, 6.45) is 1.96. The molecule has 1 aromatic heterocycles. The highest BCUT2D eigenvalue weighted by Gasteiger charge is 2.23. The number of hydrogen-bond donors (Lipinski definition) is 1. The number of nitrogens with one attached hydrogen (secondary N) is 1. The minimum atomic E-state index is -0.0554. The maximum Gasteiger partial charge on any atom is 0.322 e. The van der Waals surface area contributed by atoms with Gasteiger partial charge in [-0.25, -0.2) is 4.79 Å². The van der Waals surface area contributed by atoms with Crippen LogP contribution in [0.2, 0.25) is 5.02 Å². The molecule has 3 aromatic rings. The normalized spacial score (nSPS) is 14.7. The van der Waals surface area contributed by atoms with Crippen molar-refractivity contribution in [1.82, 2.24) is 9.47 Å². The monoisotopic (exact) mass is 368 g/mol. The molecule has 0 aliphatic carbocycles. The molecule has 0 bridgehead atoms. The second-order valence-corrected chi connectivity index (χ2v) is 6.93. The highest BCUT2D eigenvalue weighted by Crippen LogP contribution is 2.27. The molecule has 1 fully saturated rings. The van der Waals surface area contributed by atoms with Gasteiger partial charge in [-0.05, 0) is 18.2 Å². The smallest absolute Gasteiger partial charge is 0.322 e. The predicted molar refractivity (Wildman–Crippen MR) is 107 cm³/mol. The van der Waals surface area contributed by atoms with Gasteiger partial charge in [0.15, 0.2) is 0 Å². The summed E-state index contributed by atoms with van der Waals surface area (Å²) in [7, 11) is 1.99. The van der Waals surface area contributed by atoms with Crippen molar-refractivity contribution in [2.45, 2.75) is 0 Å². The van der Waals surface area contributed by atoms with Crippen LogP contribution in [-0.4, -0.2) is 41.7 Å². The number of fused-ring (bicyclic) bond motifs is 1. The number of carbonyl (C=O) groups excluding carboxylic acids is 1. The Morgan fingerprint density at radius 2 is 1.69 bits per heavy atom. The molecule has 134 valence electrons. The number of rotatable bonds is 2. The lowest BCUT2D eigenvalue weighted by molar-refractivity contribution is 0.208. The number of piperazine rings is 1. The standard InChI is InChI=1S/C20H21ClN4O/c1-23-14-17(15-6-2-4-8-18(15)23)22-20(26)25-12-10-24(11-13-25)19-9-5-3-7-16(19)21/h2-9,14H,10-13H2,1H3,(H,22,26). The molecule has 0 spiro atoms. The lowest BCUT2D eigenvalue weighted by Crippen LogP contribution is -2.50. The molecular formula is C20H21ClN4O. The van der Waals surface area contributed by atoms with E-state index in [1.807, 2.05) is 71.2 Å². The highest BCUT2D eigenvalue weighted by molar-refractivity contribution is 6.33. The first-order valence-electron chi connectivity index (χ1n) is 8.73. The van der Waals surface area contributed by atoms with E-state index in [1.165, 1.54) is 0 Å². The van der Waals surface area contributed by atoms with Crippen LogP contribution in [-0.2, 0) is 7.05 Å². The van der Waals surface area contributed by atoms with E-state index in [4.69, 9.17) is 11.6 Å². The summed E-state index contributed by atoms with van der Waals surface area (Å²) in [6, 6.07) is 15.8. The fourth-order valence-corrected chi connectivity index (χ4v) is 3.75. The van der Waals surface area contributed by atoms with Gasteiger partial charge in [0.25, 0.3) is 0 Å². The minimum Gasteiger partial charge on any atom is -0.367 e. The number of urea groups is 1. The van der Waals surface area contributed by atoms with E-state index in [0.29, 0.717) is 13.1 Å². The highest BCUT2D eigenvalue weighted by atomic mass is 35.5. The number of aryl methyl sites for hydroxylation is 1. The second kappa shape index (κ2) is 6.92. The zero-order valence-electron chi connectivity index (χ0n) is 14.7. The summed E-state index contributed by atoms with van der Waals surface area (Å²) in [5, 5.41) is 4.87. The Balaban J connectivity index is 1.43. The Morgan fingerprint density at radius 1 is 1.00 bits per heavy atom. The van der Waals surface area contributed by atoms with Gasteiger partial charge in [0.1, 0.15) is 0 Å². The second-order valence-electron chi connectivity index (χ2n) is 6.53. The van der Waals surface area contributed by atoms with Crippen LogP contribution in [0.25, 0.3) is 10.9 Å². The Morgan fingerprint density at radius 3 is 2.46 bits per heavy atom. The average Bonchev–Trinajstić information content (AvgIpc) is 2.98. The predicted octanol–water partition coefficient (Wildman–Crippen LogP) is 4.19. The van der Waals surface area contributed by atoms with Gasteiger partial charge >= 0.3 is 6.03 Å². The molecule has 1 saturated heterocycles. The number of benzene rings is 2. The molecule has 5 nitrogen and oxygen atoms in total. The molecule has 2 amide bonds. The van der Waals surface area contributed by atoms with Gasteiger partial charge in [-0.1, -0.05) is 41.9 Å². The molecule has 2 heterocycles. The van der Waals surface area contributed by atoms with Crippen LogP contribution in [0.3, 0.4) is 0 Å². The molecule has 0 unspecified atom stereocenters. The zero-order chi connectivity index (χ0) is 18.1. The van der Waals surface area contributed by atoms with Gasteiger partial charge in [-0.15, -0.1) is 0 Å². The van der Waals surface area contributed by atoms with Crippen molar-refractivity contribution in [2.75, 3.05) is 36.4 Å². The molecule has 1 aliphatic rings. The van der Waals surface area contributed by atoms with Crippen molar-refractivity contribution in [3.05, 3.63) is 59.8 Å². The van der Waals surface area contributed by atoms with Crippen molar-refractivity contribution >= 4 is 39.9 Å². The van der Waals surface area contributed by atoms with Crippen LogP contribution in [0, 0.1) is 0 Å². The summed E-state index contributed by atoms with van der Waals surface area (Å²) in [5.41, 5.74) is 2.98. The largest absolute Gasteiger partial charge is 0.367 e. The molecule has 6 heteroatoms. The molecule has 1 aliphatic heterocycles. The van der Waals surface area contributed by atoms with E-state index in [0.717, 1.165) is 40.4 Å². The van der Waals surface area contributed by atoms with E-state index in [1.54, 1.807) is 0 Å². The summed E-state index contributed by atoms with van der Waals surface area (Å²) in [6.45, 7) is 2.88. The fourth-order valence-electron chi connectivity index (χ4n) is 3.49. The van der Waals surface area contributed by atoms with E-state index < -0.39 is 0 Å². The van der Waals surface area contributed by atoms with Gasteiger partial charge in [0, 0.05) is 50.3 Å². The Hall–Kier alpha value is -2.66. The molecule has 26 heavy (non-hydrogen) atoms. The van der Waals surface area contributed by atoms with Crippen molar-refractivity contribution in [3.63, 3.8) is 0 Å². The molecule has 0 saturated carbocycles. The number of carbonyl (C=O) groups is 1. The topological polar surface area (TPSA) is 40.5 Å². The maximum absolute atomic E-state index is 12.7. The number of aromatic nitrogens is 1. The average molecular weight is 369 g/mol. The number of amides is 2. The fraction of sp³-hybridized carbons (Fsp3) is 0.250. The van der Waals surface area contributed by atoms with Crippen LogP contribution >= 0.6 is 11.6 Å². The molecule has 1 N–H and O–H groups in total. The van der Waals surface area contributed by atoms with Crippen LogP contribution in [0.4, 0.5) is 16.2 Å². The maximum atomic E-state index is 12.7. The van der Waals surface area contributed by atoms with Gasteiger partial charge < -0.3 is 19.7 Å². The third-order valence-corrected chi connectivity index (χ3v) is 5.22. The lowest BCUT2D eigenvalue weighted by atomic mass is 10.2.